The van der Waals surface area contributed by atoms with Crippen LogP contribution < -0.4 is 5.32 Å². The molecule has 0 bridgehead atoms. The van der Waals surface area contributed by atoms with E-state index in [2.05, 4.69) is 15.2 Å². The molecule has 1 heterocycles. The van der Waals surface area contributed by atoms with Crippen LogP contribution in [0.25, 0.3) is 0 Å². The summed E-state index contributed by atoms with van der Waals surface area (Å²) >= 11 is 0. The van der Waals surface area contributed by atoms with Gasteiger partial charge in [0.05, 0.1) is 5.56 Å². The van der Waals surface area contributed by atoms with E-state index in [0.717, 1.165) is 18.5 Å². The molecule has 6 heteroatoms. The van der Waals surface area contributed by atoms with E-state index < -0.39 is 11.7 Å². The normalized spacial score (nSPS) is 19.5. The van der Waals surface area contributed by atoms with Gasteiger partial charge < -0.3 is 10.2 Å². The van der Waals surface area contributed by atoms with Gasteiger partial charge >= 0.3 is 6.18 Å². The molecule has 1 saturated carbocycles. The lowest BCUT2D eigenvalue weighted by Crippen LogP contribution is -2.31. The Hall–Kier alpha value is -1.98. The van der Waals surface area contributed by atoms with Crippen molar-refractivity contribution in [3.05, 3.63) is 47.7 Å². The third kappa shape index (κ3) is 4.27. The Labute approximate surface area is 133 Å². The number of nitrogens with one attached hydrogen (secondary N) is 1. The van der Waals surface area contributed by atoms with E-state index in [1.165, 1.54) is 25.0 Å². The lowest BCUT2D eigenvalue weighted by Gasteiger charge is -2.24. The highest BCUT2D eigenvalue weighted by Gasteiger charge is 2.30. The van der Waals surface area contributed by atoms with E-state index in [4.69, 9.17) is 0 Å². The summed E-state index contributed by atoms with van der Waals surface area (Å²) in [5.74, 6) is 1.51. The van der Waals surface area contributed by atoms with Crippen LogP contribution in [0.2, 0.25) is 0 Å². The van der Waals surface area contributed by atoms with Gasteiger partial charge in [-0.1, -0.05) is 12.1 Å². The van der Waals surface area contributed by atoms with Gasteiger partial charge in [-0.25, -0.2) is 4.99 Å². The van der Waals surface area contributed by atoms with Crippen LogP contribution in [0.15, 0.2) is 41.5 Å². The van der Waals surface area contributed by atoms with Crippen molar-refractivity contribution in [1.29, 1.82) is 0 Å². The zero-order chi connectivity index (χ0) is 16.4. The van der Waals surface area contributed by atoms with Gasteiger partial charge in [0, 0.05) is 18.8 Å². The largest absolute Gasteiger partial charge is 0.416 e. The highest BCUT2D eigenvalue weighted by molar-refractivity contribution is 5.93. The van der Waals surface area contributed by atoms with Crippen molar-refractivity contribution >= 4 is 5.84 Å². The molecular weight excluding hydrogens is 303 g/mol. The second-order valence-corrected chi connectivity index (χ2v) is 6.20. The zero-order valence-corrected chi connectivity index (χ0v) is 13.0. The van der Waals surface area contributed by atoms with E-state index in [0.29, 0.717) is 18.1 Å². The molecule has 1 aliphatic heterocycles. The van der Waals surface area contributed by atoms with Crippen molar-refractivity contribution in [3.8, 4) is 0 Å². The van der Waals surface area contributed by atoms with E-state index in [1.54, 1.807) is 6.07 Å². The number of amidine groups is 1. The fraction of sp³-hybridized carbons (Fsp3) is 0.471. The first-order valence-electron chi connectivity index (χ1n) is 7.82. The average molecular weight is 323 g/mol. The Morgan fingerprint density at radius 1 is 1.35 bits per heavy atom. The highest BCUT2D eigenvalue weighted by atomic mass is 19.4. The molecule has 1 atom stereocenters. The number of hydrogen-bond acceptors (Lipinski definition) is 3. The van der Waals surface area contributed by atoms with E-state index in [-0.39, 0.29) is 6.04 Å². The number of rotatable bonds is 4. The first-order valence-corrected chi connectivity index (χ1v) is 7.82. The molecule has 0 radical (unpaired) electrons. The van der Waals surface area contributed by atoms with E-state index in [9.17, 15) is 13.2 Å². The summed E-state index contributed by atoms with van der Waals surface area (Å²) in [6.45, 7) is 3.48. The van der Waals surface area contributed by atoms with Gasteiger partial charge in [0.2, 0.25) is 0 Å². The maximum atomic E-state index is 12.8. The van der Waals surface area contributed by atoms with Gasteiger partial charge in [-0.15, -0.1) is 0 Å². The fourth-order valence-electron chi connectivity index (χ4n) is 2.58. The van der Waals surface area contributed by atoms with Crippen LogP contribution in [-0.4, -0.2) is 23.9 Å². The second kappa shape index (κ2) is 6.26. The monoisotopic (exact) mass is 323 g/mol. The molecule has 3 rings (SSSR count). The Morgan fingerprint density at radius 2 is 2.13 bits per heavy atom. The Morgan fingerprint density at radius 3 is 2.74 bits per heavy atom. The molecule has 1 unspecified atom stereocenters. The van der Waals surface area contributed by atoms with E-state index >= 15 is 0 Å². The van der Waals surface area contributed by atoms with Crippen molar-refractivity contribution in [3.63, 3.8) is 0 Å². The standard InChI is InChI=1S/C17H20F3N3/c1-12(14-3-2-4-15(9-14)17(18,19)20)22-16-7-8-23(11-21-16)10-13-5-6-13/h2-4,7-9,12-13H,5-6,10-11H2,1H3,(H,21,22). The molecule has 1 aromatic carbocycles. The Bertz CT molecular complexity index is 618. The third-order valence-electron chi connectivity index (χ3n) is 4.13. The summed E-state index contributed by atoms with van der Waals surface area (Å²) in [6.07, 6.45) is 2.17. The molecule has 0 saturated heterocycles. The molecule has 0 spiro atoms. The van der Waals surface area contributed by atoms with Crippen molar-refractivity contribution in [2.75, 3.05) is 13.2 Å². The summed E-state index contributed by atoms with van der Waals surface area (Å²) in [6, 6.07) is 5.16. The zero-order valence-electron chi connectivity index (χ0n) is 13.0. The topological polar surface area (TPSA) is 27.6 Å². The second-order valence-electron chi connectivity index (χ2n) is 6.20. The number of halogens is 3. The van der Waals surface area contributed by atoms with Crippen LogP contribution in [0, 0.1) is 5.92 Å². The van der Waals surface area contributed by atoms with E-state index in [1.807, 2.05) is 19.2 Å². The minimum atomic E-state index is -4.32. The van der Waals surface area contributed by atoms with Gasteiger partial charge in [0.1, 0.15) is 12.5 Å². The molecule has 2 aliphatic rings. The summed E-state index contributed by atoms with van der Waals surface area (Å²) in [4.78, 5) is 6.62. The number of benzene rings is 1. The number of hydrogen-bond donors (Lipinski definition) is 1. The lowest BCUT2D eigenvalue weighted by molar-refractivity contribution is -0.137. The number of alkyl halides is 3. The molecule has 1 aromatic rings. The molecule has 1 N–H and O–H groups in total. The van der Waals surface area contributed by atoms with Gasteiger partial charge in [0.15, 0.2) is 0 Å². The molecule has 3 nitrogen and oxygen atoms in total. The first-order chi connectivity index (χ1) is 10.9. The predicted molar refractivity (Wildman–Crippen MR) is 83.9 cm³/mol. The van der Waals surface area contributed by atoms with Crippen molar-refractivity contribution < 1.29 is 13.2 Å². The van der Waals surface area contributed by atoms with Crippen LogP contribution >= 0.6 is 0 Å². The lowest BCUT2D eigenvalue weighted by atomic mass is 10.0. The van der Waals surface area contributed by atoms with Crippen LogP contribution in [0.3, 0.4) is 0 Å². The maximum Gasteiger partial charge on any atom is 0.416 e. The van der Waals surface area contributed by atoms with Crippen molar-refractivity contribution in [2.24, 2.45) is 10.9 Å². The fourth-order valence-corrected chi connectivity index (χ4v) is 2.58. The van der Waals surface area contributed by atoms with Crippen LogP contribution in [-0.2, 0) is 6.18 Å². The van der Waals surface area contributed by atoms with Crippen molar-refractivity contribution in [2.45, 2.75) is 32.0 Å². The quantitative estimate of drug-likeness (QED) is 0.908. The minimum absolute atomic E-state index is 0.240. The molecule has 1 fully saturated rings. The minimum Gasteiger partial charge on any atom is -0.364 e. The summed E-state index contributed by atoms with van der Waals surface area (Å²) < 4.78 is 38.3. The molecule has 0 aromatic heterocycles. The predicted octanol–water partition coefficient (Wildman–Crippen LogP) is 3.95. The Kier molecular flexibility index (Phi) is 4.33. The van der Waals surface area contributed by atoms with Crippen LogP contribution in [0.1, 0.15) is 36.9 Å². The average Bonchev–Trinajstić information content (AvgIpc) is 3.32. The first kappa shape index (κ1) is 15.9. The van der Waals surface area contributed by atoms with Gasteiger partial charge in [0.25, 0.3) is 0 Å². The van der Waals surface area contributed by atoms with Crippen molar-refractivity contribution in [1.82, 2.24) is 10.2 Å². The van der Waals surface area contributed by atoms with Gasteiger partial charge in [-0.2, -0.15) is 13.2 Å². The molecule has 1 aliphatic carbocycles. The Balaban J connectivity index is 1.60. The maximum absolute atomic E-state index is 12.8. The molecule has 0 amide bonds. The third-order valence-corrected chi connectivity index (χ3v) is 4.13. The molecule has 23 heavy (non-hydrogen) atoms. The summed E-state index contributed by atoms with van der Waals surface area (Å²) in [5.41, 5.74) is -0.0308. The number of aliphatic imine (C=N–C) groups is 1. The van der Waals surface area contributed by atoms with Gasteiger partial charge in [-0.05, 0) is 49.5 Å². The smallest absolute Gasteiger partial charge is 0.364 e. The molecular formula is C17H20F3N3. The summed E-state index contributed by atoms with van der Waals surface area (Å²) in [5, 5.41) is 3.17. The number of nitrogens with zero attached hydrogens (tertiary/aromatic N) is 2. The SMILES string of the molecule is CC(NC1=NCN(CC2CC2)C=C1)c1cccc(C(F)(F)F)c1. The van der Waals surface area contributed by atoms with Crippen LogP contribution in [0.4, 0.5) is 13.2 Å². The van der Waals surface area contributed by atoms with Crippen LogP contribution in [0.5, 0.6) is 0 Å². The highest BCUT2D eigenvalue weighted by Crippen LogP contribution is 2.31. The van der Waals surface area contributed by atoms with Gasteiger partial charge in [-0.3, -0.25) is 0 Å². The summed E-state index contributed by atoms with van der Waals surface area (Å²) in [7, 11) is 0. The molecule has 124 valence electrons.